The van der Waals surface area contributed by atoms with Crippen LogP contribution in [0, 0.1) is 6.92 Å². The highest BCUT2D eigenvalue weighted by molar-refractivity contribution is 7.89. The quantitative estimate of drug-likeness (QED) is 0.774. The molecule has 20 heavy (non-hydrogen) atoms. The Morgan fingerprint density at radius 3 is 2.50 bits per heavy atom. The van der Waals surface area contributed by atoms with Crippen LogP contribution in [0.1, 0.15) is 30.0 Å². The zero-order valence-electron chi connectivity index (χ0n) is 11.7. The number of carbonyl (C=O) groups excluding carboxylic acids is 1. The molecule has 0 aliphatic rings. The Labute approximate surface area is 124 Å². The van der Waals surface area contributed by atoms with Crippen LogP contribution in [0.15, 0.2) is 15.6 Å². The standard InChI is InChI=1S/C11H18N2O5S.ClH/c1-7-8(10(14)17-4)5-9(18-7)19(15,16)13-6-11(2,3)12;/h5,13H,6,12H2,1-4H3;1H. The Bertz CT molecular complexity index is 574. The molecule has 1 aromatic rings. The van der Waals surface area contributed by atoms with Crippen molar-refractivity contribution >= 4 is 28.4 Å². The van der Waals surface area contributed by atoms with E-state index < -0.39 is 21.5 Å². The van der Waals surface area contributed by atoms with Crippen molar-refractivity contribution in [2.24, 2.45) is 5.73 Å². The van der Waals surface area contributed by atoms with Gasteiger partial charge in [0, 0.05) is 18.2 Å². The van der Waals surface area contributed by atoms with E-state index in [1.165, 1.54) is 14.0 Å². The van der Waals surface area contributed by atoms with Crippen molar-refractivity contribution in [3.8, 4) is 0 Å². The lowest BCUT2D eigenvalue weighted by atomic mass is 10.1. The lowest BCUT2D eigenvalue weighted by Gasteiger charge is -2.18. The number of ether oxygens (including phenoxy) is 1. The molecule has 9 heteroatoms. The van der Waals surface area contributed by atoms with Crippen LogP contribution in [0.4, 0.5) is 0 Å². The summed E-state index contributed by atoms with van der Waals surface area (Å²) in [5.74, 6) is -0.471. The van der Waals surface area contributed by atoms with E-state index in [0.717, 1.165) is 6.07 Å². The summed E-state index contributed by atoms with van der Waals surface area (Å²) >= 11 is 0. The second-order valence-electron chi connectivity index (χ2n) is 4.84. The number of carbonyl (C=O) groups is 1. The molecule has 0 aliphatic heterocycles. The monoisotopic (exact) mass is 326 g/mol. The fraction of sp³-hybridized carbons (Fsp3) is 0.545. The zero-order valence-corrected chi connectivity index (χ0v) is 13.4. The SMILES string of the molecule is COC(=O)c1cc(S(=O)(=O)NCC(C)(C)N)oc1C.Cl. The van der Waals surface area contributed by atoms with Gasteiger partial charge in [-0.3, -0.25) is 0 Å². The Morgan fingerprint density at radius 1 is 1.50 bits per heavy atom. The number of esters is 1. The second-order valence-corrected chi connectivity index (χ2v) is 6.54. The molecule has 0 aliphatic carbocycles. The van der Waals surface area contributed by atoms with Crippen molar-refractivity contribution in [2.75, 3.05) is 13.7 Å². The van der Waals surface area contributed by atoms with E-state index in [0.29, 0.717) is 0 Å². The number of halogens is 1. The second kappa shape index (κ2) is 6.57. The lowest BCUT2D eigenvalue weighted by molar-refractivity contribution is 0.0599. The summed E-state index contributed by atoms with van der Waals surface area (Å²) in [7, 11) is -2.63. The molecule has 1 heterocycles. The van der Waals surface area contributed by atoms with Crippen LogP contribution in [-0.4, -0.2) is 33.6 Å². The number of sulfonamides is 1. The minimum atomic E-state index is -3.84. The van der Waals surface area contributed by atoms with Crippen molar-refractivity contribution in [3.05, 3.63) is 17.4 Å². The molecule has 1 aromatic heterocycles. The topological polar surface area (TPSA) is 112 Å². The molecule has 0 unspecified atom stereocenters. The highest BCUT2D eigenvalue weighted by Gasteiger charge is 2.25. The summed E-state index contributed by atoms with van der Waals surface area (Å²) in [5, 5.41) is -0.338. The molecule has 0 amide bonds. The number of rotatable bonds is 5. The Balaban J connectivity index is 0.00000361. The van der Waals surface area contributed by atoms with Gasteiger partial charge in [0.25, 0.3) is 10.0 Å². The molecule has 0 spiro atoms. The summed E-state index contributed by atoms with van der Waals surface area (Å²) in [6, 6.07) is 1.13. The van der Waals surface area contributed by atoms with Gasteiger partial charge in [-0.05, 0) is 20.8 Å². The van der Waals surface area contributed by atoms with Crippen LogP contribution < -0.4 is 10.5 Å². The number of hydrogen-bond donors (Lipinski definition) is 2. The highest BCUT2D eigenvalue weighted by atomic mass is 35.5. The van der Waals surface area contributed by atoms with Crippen LogP contribution in [0.3, 0.4) is 0 Å². The Morgan fingerprint density at radius 2 is 2.05 bits per heavy atom. The van der Waals surface area contributed by atoms with Crippen molar-refractivity contribution in [2.45, 2.75) is 31.4 Å². The average molecular weight is 327 g/mol. The molecule has 3 N–H and O–H groups in total. The van der Waals surface area contributed by atoms with Gasteiger partial charge < -0.3 is 14.9 Å². The maximum absolute atomic E-state index is 11.9. The maximum Gasteiger partial charge on any atom is 0.341 e. The molecule has 1 rings (SSSR count). The van der Waals surface area contributed by atoms with E-state index in [1.54, 1.807) is 13.8 Å². The molecule has 0 saturated heterocycles. The first-order valence-electron chi connectivity index (χ1n) is 5.54. The highest BCUT2D eigenvalue weighted by Crippen LogP contribution is 2.19. The van der Waals surface area contributed by atoms with E-state index in [-0.39, 0.29) is 35.4 Å². The number of furan rings is 1. The fourth-order valence-electron chi connectivity index (χ4n) is 1.25. The van der Waals surface area contributed by atoms with Crippen molar-refractivity contribution in [3.63, 3.8) is 0 Å². The van der Waals surface area contributed by atoms with Crippen molar-refractivity contribution in [1.29, 1.82) is 0 Å². The summed E-state index contributed by atoms with van der Waals surface area (Å²) in [4.78, 5) is 11.4. The molecular weight excluding hydrogens is 308 g/mol. The van der Waals surface area contributed by atoms with Crippen LogP contribution in [0.25, 0.3) is 0 Å². The smallest absolute Gasteiger partial charge is 0.341 e. The van der Waals surface area contributed by atoms with E-state index in [2.05, 4.69) is 9.46 Å². The van der Waals surface area contributed by atoms with Crippen LogP contribution >= 0.6 is 12.4 Å². The number of aryl methyl sites for hydroxylation is 1. The molecule has 116 valence electrons. The van der Waals surface area contributed by atoms with Crippen molar-refractivity contribution in [1.82, 2.24) is 4.72 Å². The van der Waals surface area contributed by atoms with E-state index in [9.17, 15) is 13.2 Å². The lowest BCUT2D eigenvalue weighted by Crippen LogP contribution is -2.44. The molecule has 0 aromatic carbocycles. The van der Waals surface area contributed by atoms with Gasteiger partial charge in [-0.25, -0.2) is 17.9 Å². The first-order chi connectivity index (χ1) is 8.57. The first kappa shape index (κ1) is 18.9. The maximum atomic E-state index is 11.9. The van der Waals surface area contributed by atoms with Crippen LogP contribution in [0.5, 0.6) is 0 Å². The van der Waals surface area contributed by atoms with E-state index >= 15 is 0 Å². The summed E-state index contributed by atoms with van der Waals surface area (Å²) in [5.41, 5.74) is 5.08. The Hall–Kier alpha value is -1.09. The minimum absolute atomic E-state index is 0. The third-order valence-electron chi connectivity index (χ3n) is 2.28. The summed E-state index contributed by atoms with van der Waals surface area (Å²) in [6.07, 6.45) is 0. The number of methoxy groups -OCH3 is 1. The number of hydrogen-bond acceptors (Lipinski definition) is 6. The number of nitrogens with two attached hydrogens (primary N) is 1. The molecule has 0 atom stereocenters. The predicted octanol–water partition coefficient (Wildman–Crippen LogP) is 0.812. The van der Waals surface area contributed by atoms with Crippen molar-refractivity contribution < 1.29 is 22.4 Å². The predicted molar refractivity (Wildman–Crippen MR) is 75.5 cm³/mol. The van der Waals surface area contributed by atoms with E-state index in [4.69, 9.17) is 10.2 Å². The Kier molecular flexibility index (Phi) is 6.22. The van der Waals surface area contributed by atoms with Crippen LogP contribution in [0.2, 0.25) is 0 Å². The molecule has 0 fully saturated rings. The third kappa shape index (κ3) is 4.78. The molecule has 0 saturated carbocycles. The van der Waals surface area contributed by atoms with Gasteiger partial charge in [-0.1, -0.05) is 0 Å². The zero-order chi connectivity index (χ0) is 14.8. The van der Waals surface area contributed by atoms with Gasteiger partial charge in [-0.2, -0.15) is 0 Å². The van der Waals surface area contributed by atoms with Gasteiger partial charge in [0.15, 0.2) is 0 Å². The first-order valence-corrected chi connectivity index (χ1v) is 7.02. The minimum Gasteiger partial charge on any atom is -0.465 e. The fourth-order valence-corrected chi connectivity index (χ4v) is 2.46. The average Bonchev–Trinajstić information content (AvgIpc) is 2.68. The van der Waals surface area contributed by atoms with Gasteiger partial charge in [0.05, 0.1) is 7.11 Å². The molecule has 0 bridgehead atoms. The van der Waals surface area contributed by atoms with Gasteiger partial charge >= 0.3 is 5.97 Å². The largest absolute Gasteiger partial charge is 0.465 e. The van der Waals surface area contributed by atoms with E-state index in [1.807, 2.05) is 0 Å². The molecule has 0 radical (unpaired) electrons. The molecular formula is C11H19ClN2O5S. The molecule has 7 nitrogen and oxygen atoms in total. The van der Waals surface area contributed by atoms with Gasteiger partial charge in [0.1, 0.15) is 11.3 Å². The summed E-state index contributed by atoms with van der Waals surface area (Å²) < 4.78 is 35.8. The third-order valence-corrected chi connectivity index (χ3v) is 3.54. The number of nitrogens with one attached hydrogen (secondary N) is 1. The normalized spacial score (nSPS) is 11.8. The van der Waals surface area contributed by atoms with Crippen LogP contribution in [-0.2, 0) is 14.8 Å². The van der Waals surface area contributed by atoms with Gasteiger partial charge in [-0.15, -0.1) is 12.4 Å². The summed E-state index contributed by atoms with van der Waals surface area (Å²) in [6.45, 7) is 4.90. The van der Waals surface area contributed by atoms with Gasteiger partial charge in [0.2, 0.25) is 5.09 Å².